The van der Waals surface area contributed by atoms with Gasteiger partial charge in [0.05, 0.1) is 5.92 Å². The van der Waals surface area contributed by atoms with Crippen molar-refractivity contribution in [2.45, 2.75) is 31.9 Å². The van der Waals surface area contributed by atoms with Crippen molar-refractivity contribution in [3.8, 4) is 0 Å². The van der Waals surface area contributed by atoms with Crippen molar-refractivity contribution in [2.24, 2.45) is 16.8 Å². The molecule has 0 spiro atoms. The van der Waals surface area contributed by atoms with Crippen LogP contribution in [0.15, 0.2) is 5.16 Å². The third-order valence-corrected chi connectivity index (χ3v) is 2.57. The van der Waals surface area contributed by atoms with Crippen LogP contribution in [0.5, 0.6) is 0 Å². The number of hydrogen-bond donors (Lipinski definition) is 3. The van der Waals surface area contributed by atoms with Gasteiger partial charge in [-0.05, 0) is 20.3 Å². The first-order valence-electron chi connectivity index (χ1n) is 4.73. The minimum atomic E-state index is -1.21. The van der Waals surface area contributed by atoms with Gasteiger partial charge in [-0.3, -0.25) is 4.79 Å². The summed E-state index contributed by atoms with van der Waals surface area (Å²) in [6, 6.07) is -1.13. The van der Waals surface area contributed by atoms with Gasteiger partial charge in [0.25, 0.3) is 0 Å². The summed E-state index contributed by atoms with van der Waals surface area (Å²) in [5.41, 5.74) is 4.35. The summed E-state index contributed by atoms with van der Waals surface area (Å²) in [5, 5.41) is 21.0. The summed E-state index contributed by atoms with van der Waals surface area (Å²) < 4.78 is 0. The zero-order chi connectivity index (χ0) is 12.5. The van der Waals surface area contributed by atoms with Crippen LogP contribution < -0.4 is 5.73 Å². The van der Waals surface area contributed by atoms with Crippen molar-refractivity contribution in [1.82, 2.24) is 0 Å². The molecular formula is C9H14N2O5. The van der Waals surface area contributed by atoms with Crippen molar-refractivity contribution < 1.29 is 24.6 Å². The molecule has 1 aliphatic heterocycles. The summed E-state index contributed by atoms with van der Waals surface area (Å²) in [7, 11) is 0. The van der Waals surface area contributed by atoms with E-state index >= 15 is 0 Å². The highest BCUT2D eigenvalue weighted by molar-refractivity contribution is 6.37. The van der Waals surface area contributed by atoms with E-state index in [0.29, 0.717) is 0 Å². The number of oxime groups is 1. The van der Waals surface area contributed by atoms with Gasteiger partial charge in [0, 0.05) is 0 Å². The molecule has 0 fully saturated rings. The molecule has 0 radical (unpaired) electrons. The lowest BCUT2D eigenvalue weighted by Gasteiger charge is -2.25. The Balaban J connectivity index is 2.85. The molecular weight excluding hydrogens is 216 g/mol. The normalized spacial score (nSPS) is 24.4. The van der Waals surface area contributed by atoms with E-state index in [1.54, 1.807) is 13.8 Å². The maximum Gasteiger partial charge on any atom is 0.354 e. The zero-order valence-electron chi connectivity index (χ0n) is 9.01. The Morgan fingerprint density at radius 3 is 2.56 bits per heavy atom. The second-order valence-electron chi connectivity index (χ2n) is 4.21. The van der Waals surface area contributed by atoms with E-state index < -0.39 is 29.5 Å². The summed E-state index contributed by atoms with van der Waals surface area (Å²) in [4.78, 5) is 26.4. The Hall–Kier alpha value is -1.63. The van der Waals surface area contributed by atoms with Gasteiger partial charge in [0.1, 0.15) is 11.6 Å². The second kappa shape index (κ2) is 4.09. The Morgan fingerprint density at radius 1 is 1.56 bits per heavy atom. The van der Waals surface area contributed by atoms with Crippen molar-refractivity contribution in [1.29, 1.82) is 0 Å². The lowest BCUT2D eigenvalue weighted by atomic mass is 9.82. The third-order valence-electron chi connectivity index (χ3n) is 2.57. The Kier molecular flexibility index (Phi) is 3.18. The van der Waals surface area contributed by atoms with Gasteiger partial charge in [-0.15, -0.1) is 0 Å². The fraction of sp³-hybridized carbons (Fsp3) is 0.667. The Bertz CT molecular complexity index is 350. The number of carboxylic acid groups (broad SMARTS) is 2. The Morgan fingerprint density at radius 2 is 2.12 bits per heavy atom. The molecule has 0 aliphatic carbocycles. The maximum absolute atomic E-state index is 10.9. The van der Waals surface area contributed by atoms with Gasteiger partial charge < -0.3 is 20.8 Å². The van der Waals surface area contributed by atoms with E-state index in [1.165, 1.54) is 0 Å². The van der Waals surface area contributed by atoms with Gasteiger partial charge >= 0.3 is 11.9 Å². The minimum absolute atomic E-state index is 0.0204. The standard InChI is InChI=1S/C9H14N2O5/c1-9(2)4(3-5(10)7(12)13)6(8(14)15)11-16-9/h4-5H,3,10H2,1-2H3,(H,12,13)(H,14,15). The lowest BCUT2D eigenvalue weighted by molar-refractivity contribution is -0.139. The van der Waals surface area contributed by atoms with E-state index in [4.69, 9.17) is 20.8 Å². The number of carbonyl (C=O) groups is 2. The fourth-order valence-electron chi connectivity index (χ4n) is 1.56. The predicted molar refractivity (Wildman–Crippen MR) is 54.0 cm³/mol. The number of hydrogen-bond acceptors (Lipinski definition) is 5. The molecule has 2 atom stereocenters. The largest absolute Gasteiger partial charge is 0.480 e. The van der Waals surface area contributed by atoms with Gasteiger partial charge in [0.15, 0.2) is 5.71 Å². The van der Waals surface area contributed by atoms with Gasteiger partial charge in [-0.25, -0.2) is 4.79 Å². The maximum atomic E-state index is 10.9. The predicted octanol–water partition coefficient (Wildman–Crippen LogP) is -0.346. The molecule has 0 aromatic carbocycles. The van der Waals surface area contributed by atoms with E-state index in [-0.39, 0.29) is 12.1 Å². The number of nitrogens with zero attached hydrogens (tertiary/aromatic N) is 1. The van der Waals surface area contributed by atoms with Crippen molar-refractivity contribution in [3.05, 3.63) is 0 Å². The molecule has 2 unspecified atom stereocenters. The average Bonchev–Trinajstić information content (AvgIpc) is 2.42. The van der Waals surface area contributed by atoms with Crippen molar-refractivity contribution in [3.63, 3.8) is 0 Å². The fourth-order valence-corrected chi connectivity index (χ4v) is 1.56. The number of aliphatic carboxylic acids is 2. The zero-order valence-corrected chi connectivity index (χ0v) is 9.01. The number of nitrogens with two attached hydrogens (primary N) is 1. The average molecular weight is 230 g/mol. The first-order chi connectivity index (χ1) is 7.25. The van der Waals surface area contributed by atoms with Gasteiger partial charge in [-0.1, -0.05) is 5.16 Å². The van der Waals surface area contributed by atoms with E-state index in [9.17, 15) is 9.59 Å². The van der Waals surface area contributed by atoms with Crippen molar-refractivity contribution >= 4 is 17.7 Å². The van der Waals surface area contributed by atoms with Crippen LogP contribution in [0.3, 0.4) is 0 Å². The molecule has 1 heterocycles. The van der Waals surface area contributed by atoms with Crippen LogP contribution in [0, 0.1) is 5.92 Å². The van der Waals surface area contributed by atoms with Gasteiger partial charge in [-0.2, -0.15) is 0 Å². The highest BCUT2D eigenvalue weighted by Crippen LogP contribution is 2.32. The van der Waals surface area contributed by atoms with Crippen LogP contribution in [0.1, 0.15) is 20.3 Å². The van der Waals surface area contributed by atoms with Crippen LogP contribution in [0.2, 0.25) is 0 Å². The number of carboxylic acids is 2. The van der Waals surface area contributed by atoms with E-state index in [2.05, 4.69) is 5.16 Å². The second-order valence-corrected chi connectivity index (χ2v) is 4.21. The van der Waals surface area contributed by atoms with Crippen LogP contribution in [0.25, 0.3) is 0 Å². The first-order valence-corrected chi connectivity index (χ1v) is 4.73. The van der Waals surface area contributed by atoms with Crippen LogP contribution in [0.4, 0.5) is 0 Å². The molecule has 4 N–H and O–H groups in total. The third kappa shape index (κ3) is 2.30. The summed E-state index contributed by atoms with van der Waals surface area (Å²) >= 11 is 0. The molecule has 0 saturated carbocycles. The molecule has 0 aromatic rings. The molecule has 1 aliphatic rings. The Labute approximate surface area is 91.9 Å². The minimum Gasteiger partial charge on any atom is -0.480 e. The van der Waals surface area contributed by atoms with E-state index in [1.807, 2.05) is 0 Å². The van der Waals surface area contributed by atoms with Gasteiger partial charge in [0.2, 0.25) is 0 Å². The quantitative estimate of drug-likeness (QED) is 0.607. The molecule has 7 heteroatoms. The molecule has 7 nitrogen and oxygen atoms in total. The summed E-state index contributed by atoms with van der Waals surface area (Å²) in [6.45, 7) is 3.29. The molecule has 0 aromatic heterocycles. The molecule has 1 rings (SSSR count). The first kappa shape index (κ1) is 12.4. The summed E-state index contributed by atoms with van der Waals surface area (Å²) in [6.07, 6.45) is -0.0204. The molecule has 0 amide bonds. The smallest absolute Gasteiger partial charge is 0.354 e. The SMILES string of the molecule is CC1(C)ON=C(C(=O)O)C1CC(N)C(=O)O. The molecule has 0 saturated heterocycles. The molecule has 90 valence electrons. The van der Waals surface area contributed by atoms with Crippen LogP contribution in [-0.4, -0.2) is 39.5 Å². The molecule has 0 bridgehead atoms. The monoisotopic (exact) mass is 230 g/mol. The highest BCUT2D eigenvalue weighted by Gasteiger charge is 2.45. The van der Waals surface area contributed by atoms with E-state index in [0.717, 1.165) is 0 Å². The van der Waals surface area contributed by atoms with Crippen LogP contribution in [-0.2, 0) is 14.4 Å². The highest BCUT2D eigenvalue weighted by atomic mass is 16.7. The number of rotatable bonds is 4. The lowest BCUT2D eigenvalue weighted by Crippen LogP contribution is -2.42. The molecule has 16 heavy (non-hydrogen) atoms. The van der Waals surface area contributed by atoms with Crippen molar-refractivity contribution in [2.75, 3.05) is 0 Å². The summed E-state index contributed by atoms with van der Waals surface area (Å²) in [5.74, 6) is -3.02. The van der Waals surface area contributed by atoms with Crippen LogP contribution >= 0.6 is 0 Å². The topological polar surface area (TPSA) is 122 Å².